The van der Waals surface area contributed by atoms with Gasteiger partial charge in [-0.2, -0.15) is 0 Å². The van der Waals surface area contributed by atoms with Crippen molar-refractivity contribution in [3.8, 4) is 5.75 Å². The Morgan fingerprint density at radius 1 is 1.67 bits per heavy atom. The van der Waals surface area contributed by atoms with Crippen molar-refractivity contribution in [3.63, 3.8) is 0 Å². The Bertz CT molecular complexity index is 492. The van der Waals surface area contributed by atoms with Gasteiger partial charge in [0.1, 0.15) is 11.4 Å². The zero-order valence-corrected chi connectivity index (χ0v) is 9.09. The number of pyridine rings is 1. The first-order valence-corrected chi connectivity index (χ1v) is 4.59. The van der Waals surface area contributed by atoms with E-state index in [2.05, 4.69) is 9.72 Å². The van der Waals surface area contributed by atoms with E-state index in [-0.39, 0.29) is 0 Å². The molecule has 0 amide bonds. The molecule has 0 atom stereocenters. The van der Waals surface area contributed by atoms with Crippen molar-refractivity contribution in [2.45, 2.75) is 12.8 Å². The van der Waals surface area contributed by atoms with Crippen LogP contribution in [-0.2, 0) is 11.2 Å². The number of carboxylic acid groups (broad SMARTS) is 1. The summed E-state index contributed by atoms with van der Waals surface area (Å²) in [4.78, 5) is 23.7. The molecule has 98 valence electrons. The van der Waals surface area contributed by atoms with Gasteiger partial charge in [-0.3, -0.25) is 14.9 Å². The Labute approximate surface area is 99.2 Å². The lowest BCUT2D eigenvalue weighted by molar-refractivity contribution is -0.386. The van der Waals surface area contributed by atoms with Crippen molar-refractivity contribution in [2.75, 3.05) is 7.11 Å². The van der Waals surface area contributed by atoms with Crippen LogP contribution in [-0.4, -0.2) is 28.1 Å². The lowest BCUT2D eigenvalue weighted by Gasteiger charge is -2.08. The minimum atomic E-state index is -3.04. The molecule has 0 spiro atoms. The van der Waals surface area contributed by atoms with Gasteiger partial charge in [0.15, 0.2) is 0 Å². The third-order valence-corrected chi connectivity index (χ3v) is 1.99. The van der Waals surface area contributed by atoms with Crippen molar-refractivity contribution in [2.24, 2.45) is 0 Å². The molecule has 0 saturated carbocycles. The average molecular weight is 262 g/mol. The second-order valence-corrected chi connectivity index (χ2v) is 3.17. The number of carboxylic acids is 1. The van der Waals surface area contributed by atoms with E-state index in [9.17, 15) is 23.7 Å². The van der Waals surface area contributed by atoms with Gasteiger partial charge in [-0.25, -0.2) is 13.8 Å². The van der Waals surface area contributed by atoms with E-state index in [0.29, 0.717) is 6.07 Å². The average Bonchev–Trinajstić information content (AvgIpc) is 2.26. The summed E-state index contributed by atoms with van der Waals surface area (Å²) in [6.07, 6.45) is -3.79. The summed E-state index contributed by atoms with van der Waals surface area (Å²) in [6.45, 7) is 0. The summed E-state index contributed by atoms with van der Waals surface area (Å²) in [6, 6.07) is 0.564. The number of hydrogen-bond donors (Lipinski definition) is 1. The number of alkyl halides is 2. The predicted molar refractivity (Wildman–Crippen MR) is 53.7 cm³/mol. The fraction of sp³-hybridized carbons (Fsp3) is 0.333. The molecule has 0 fully saturated rings. The minimum Gasteiger partial charge on any atom is -0.489 e. The summed E-state index contributed by atoms with van der Waals surface area (Å²) in [5, 5.41) is 19.3. The number of nitrogens with zero attached hydrogens (tertiary/aromatic N) is 2. The lowest BCUT2D eigenvalue weighted by atomic mass is 10.2. The Balaban J connectivity index is 3.45. The first-order chi connectivity index (χ1) is 8.36. The predicted octanol–water partition coefficient (Wildman–Crippen LogP) is 1.56. The maximum absolute atomic E-state index is 12.5. The van der Waals surface area contributed by atoms with Gasteiger partial charge >= 0.3 is 11.7 Å². The van der Waals surface area contributed by atoms with Crippen LogP contribution in [0, 0.1) is 10.1 Å². The summed E-state index contributed by atoms with van der Waals surface area (Å²) < 4.78 is 29.6. The molecule has 0 saturated heterocycles. The van der Waals surface area contributed by atoms with Crippen molar-refractivity contribution in [1.29, 1.82) is 0 Å². The highest BCUT2D eigenvalue weighted by atomic mass is 19.3. The van der Waals surface area contributed by atoms with E-state index in [1.807, 2.05) is 0 Å². The molecule has 0 bridgehead atoms. The van der Waals surface area contributed by atoms with E-state index in [0.717, 1.165) is 7.11 Å². The van der Waals surface area contributed by atoms with Crippen LogP contribution in [0.15, 0.2) is 6.07 Å². The number of aromatic nitrogens is 1. The number of halogens is 2. The molecule has 1 N–H and O–H groups in total. The van der Waals surface area contributed by atoms with Crippen LogP contribution in [0.25, 0.3) is 0 Å². The van der Waals surface area contributed by atoms with Gasteiger partial charge in [0.2, 0.25) is 5.75 Å². The third-order valence-electron chi connectivity index (χ3n) is 1.99. The van der Waals surface area contributed by atoms with E-state index >= 15 is 0 Å². The zero-order valence-electron chi connectivity index (χ0n) is 9.09. The van der Waals surface area contributed by atoms with Crippen LogP contribution in [0.2, 0.25) is 0 Å². The minimum absolute atomic E-state index is 0.408. The molecule has 9 heteroatoms. The zero-order chi connectivity index (χ0) is 13.9. The van der Waals surface area contributed by atoms with Crippen LogP contribution in [0.5, 0.6) is 5.75 Å². The molecule has 1 aromatic rings. The molecule has 0 aromatic carbocycles. The van der Waals surface area contributed by atoms with Gasteiger partial charge in [-0.05, 0) is 0 Å². The van der Waals surface area contributed by atoms with Crippen molar-refractivity contribution in [3.05, 3.63) is 27.6 Å². The topological polar surface area (TPSA) is 103 Å². The molecule has 0 aliphatic rings. The molecule has 1 rings (SSSR count). The first-order valence-electron chi connectivity index (χ1n) is 4.59. The second kappa shape index (κ2) is 5.34. The van der Waals surface area contributed by atoms with Crippen LogP contribution in [0.3, 0.4) is 0 Å². The highest BCUT2D eigenvalue weighted by Gasteiger charge is 2.26. The van der Waals surface area contributed by atoms with Gasteiger partial charge in [-0.15, -0.1) is 0 Å². The standard InChI is InChI=1S/C9H8F2N2O5/c1-18-8-4(3-7(14)15)12-5(9(10)11)2-6(8)13(16)17/h2,9H,3H2,1H3,(H,14,15). The number of carbonyl (C=O) groups is 1. The molecule has 7 nitrogen and oxygen atoms in total. The highest BCUT2D eigenvalue weighted by Crippen LogP contribution is 2.33. The number of methoxy groups -OCH3 is 1. The summed E-state index contributed by atoms with van der Waals surface area (Å²) >= 11 is 0. The summed E-state index contributed by atoms with van der Waals surface area (Å²) in [7, 11) is 1.07. The van der Waals surface area contributed by atoms with E-state index in [1.54, 1.807) is 0 Å². The van der Waals surface area contributed by atoms with E-state index < -0.39 is 46.6 Å². The van der Waals surface area contributed by atoms with Gasteiger partial charge < -0.3 is 9.84 Å². The molecule has 1 heterocycles. The molecule has 0 aliphatic heterocycles. The van der Waals surface area contributed by atoms with Crippen molar-refractivity contribution < 1.29 is 28.3 Å². The maximum Gasteiger partial charge on any atom is 0.314 e. The molecule has 1 aromatic heterocycles. The fourth-order valence-corrected chi connectivity index (χ4v) is 1.33. The van der Waals surface area contributed by atoms with Gasteiger partial charge in [0, 0.05) is 6.07 Å². The number of hydrogen-bond acceptors (Lipinski definition) is 5. The largest absolute Gasteiger partial charge is 0.489 e. The van der Waals surface area contributed by atoms with Crippen LogP contribution in [0.4, 0.5) is 14.5 Å². The van der Waals surface area contributed by atoms with Gasteiger partial charge in [-0.1, -0.05) is 0 Å². The van der Waals surface area contributed by atoms with Crippen LogP contribution >= 0.6 is 0 Å². The molecular weight excluding hydrogens is 254 g/mol. The monoisotopic (exact) mass is 262 g/mol. The number of nitro groups is 1. The normalized spacial score (nSPS) is 10.4. The van der Waals surface area contributed by atoms with Crippen LogP contribution < -0.4 is 4.74 Å². The van der Waals surface area contributed by atoms with Crippen LogP contribution in [0.1, 0.15) is 17.8 Å². The number of rotatable bonds is 5. The number of ether oxygens (including phenoxy) is 1. The summed E-state index contributed by atoms with van der Waals surface area (Å²) in [5.74, 6) is -1.78. The summed E-state index contributed by atoms with van der Waals surface area (Å²) in [5.41, 5.74) is -2.01. The third kappa shape index (κ3) is 2.87. The Kier molecular flexibility index (Phi) is 4.08. The molecular formula is C9H8F2N2O5. The maximum atomic E-state index is 12.5. The Morgan fingerprint density at radius 2 is 2.28 bits per heavy atom. The molecule has 0 aliphatic carbocycles. The molecule has 0 unspecified atom stereocenters. The van der Waals surface area contributed by atoms with Gasteiger partial charge in [0.25, 0.3) is 6.43 Å². The Morgan fingerprint density at radius 3 is 2.67 bits per heavy atom. The Hall–Kier alpha value is -2.32. The quantitative estimate of drug-likeness (QED) is 0.638. The second-order valence-electron chi connectivity index (χ2n) is 3.17. The van der Waals surface area contributed by atoms with E-state index in [1.165, 1.54) is 0 Å². The fourth-order valence-electron chi connectivity index (χ4n) is 1.33. The lowest BCUT2D eigenvalue weighted by Crippen LogP contribution is -2.09. The van der Waals surface area contributed by atoms with E-state index in [4.69, 9.17) is 5.11 Å². The number of aliphatic carboxylic acids is 1. The smallest absolute Gasteiger partial charge is 0.314 e. The van der Waals surface area contributed by atoms with Crippen molar-refractivity contribution in [1.82, 2.24) is 4.98 Å². The van der Waals surface area contributed by atoms with Crippen molar-refractivity contribution >= 4 is 11.7 Å². The molecule has 18 heavy (non-hydrogen) atoms. The SMILES string of the molecule is COc1c([N+](=O)[O-])cc(C(F)F)nc1CC(=O)O. The first kappa shape index (κ1) is 13.7. The molecule has 0 radical (unpaired) electrons. The highest BCUT2D eigenvalue weighted by molar-refractivity contribution is 5.71. The van der Waals surface area contributed by atoms with Gasteiger partial charge in [0.05, 0.1) is 18.5 Å².